The Balaban J connectivity index is 1.61. The fourth-order valence-corrected chi connectivity index (χ4v) is 3.37. The molecule has 0 saturated carbocycles. The number of aliphatic hydroxyl groups is 1. The predicted molar refractivity (Wildman–Crippen MR) is 113 cm³/mol. The summed E-state index contributed by atoms with van der Waals surface area (Å²) in [6.45, 7) is 1.42. The zero-order valence-corrected chi connectivity index (χ0v) is 17.4. The number of benzene rings is 2. The molecule has 0 atom stereocenters. The Morgan fingerprint density at radius 3 is 2.47 bits per heavy atom. The van der Waals surface area contributed by atoms with Crippen LogP contribution in [0.2, 0.25) is 0 Å². The normalized spacial score (nSPS) is 14.3. The number of hydrogen-bond acceptors (Lipinski definition) is 5. The third kappa shape index (κ3) is 5.51. The summed E-state index contributed by atoms with van der Waals surface area (Å²) in [7, 11) is 3.13. The number of carbonyl (C=O) groups is 2. The minimum absolute atomic E-state index is 0.0104. The maximum atomic E-state index is 12.8. The van der Waals surface area contributed by atoms with Crippen LogP contribution in [0.5, 0.6) is 11.5 Å². The van der Waals surface area contributed by atoms with E-state index in [0.717, 1.165) is 5.56 Å². The molecule has 0 spiro atoms. The molecular formula is C23H28N2O5. The van der Waals surface area contributed by atoms with Crippen molar-refractivity contribution in [2.24, 2.45) is 0 Å². The smallest absolute Gasteiger partial charge is 0.254 e. The minimum Gasteiger partial charge on any atom is -0.493 e. The van der Waals surface area contributed by atoms with Gasteiger partial charge in [0.25, 0.3) is 5.91 Å². The molecule has 0 radical (unpaired) electrons. The molecule has 30 heavy (non-hydrogen) atoms. The van der Waals surface area contributed by atoms with Crippen LogP contribution in [0.1, 0.15) is 28.8 Å². The maximum Gasteiger partial charge on any atom is 0.254 e. The van der Waals surface area contributed by atoms with E-state index in [2.05, 4.69) is 0 Å². The highest BCUT2D eigenvalue weighted by atomic mass is 16.5. The zero-order chi connectivity index (χ0) is 21.5. The summed E-state index contributed by atoms with van der Waals surface area (Å²) in [5.41, 5.74) is 1.45. The van der Waals surface area contributed by atoms with Crippen molar-refractivity contribution in [3.8, 4) is 11.5 Å². The summed E-state index contributed by atoms with van der Waals surface area (Å²) in [5.74, 6) is 0.617. The SMILES string of the molecule is COc1cc(C(=O)N(C)CC(=O)N2CCC(O)CC2)ccc1OCc1ccccc1. The van der Waals surface area contributed by atoms with Crippen molar-refractivity contribution in [1.82, 2.24) is 9.80 Å². The monoisotopic (exact) mass is 412 g/mol. The number of likely N-dealkylation sites (tertiary alicyclic amines) is 1. The van der Waals surface area contributed by atoms with E-state index >= 15 is 0 Å². The van der Waals surface area contributed by atoms with E-state index in [1.54, 1.807) is 30.1 Å². The first-order chi connectivity index (χ1) is 14.5. The van der Waals surface area contributed by atoms with Gasteiger partial charge in [0.2, 0.25) is 5.91 Å². The highest BCUT2D eigenvalue weighted by Gasteiger charge is 2.24. The number of piperidine rings is 1. The summed E-state index contributed by atoms with van der Waals surface area (Å²) in [4.78, 5) is 28.3. The van der Waals surface area contributed by atoms with E-state index in [4.69, 9.17) is 9.47 Å². The van der Waals surface area contributed by atoms with Gasteiger partial charge in [-0.2, -0.15) is 0 Å². The number of likely N-dealkylation sites (N-methyl/N-ethyl adjacent to an activating group) is 1. The van der Waals surface area contributed by atoms with E-state index < -0.39 is 0 Å². The molecule has 0 aliphatic carbocycles. The molecule has 1 heterocycles. The Kier molecular flexibility index (Phi) is 7.30. The molecule has 1 saturated heterocycles. The molecule has 0 unspecified atom stereocenters. The summed E-state index contributed by atoms with van der Waals surface area (Å²) in [6.07, 6.45) is 0.805. The van der Waals surface area contributed by atoms with Crippen LogP contribution in [0.15, 0.2) is 48.5 Å². The number of ether oxygens (including phenoxy) is 2. The number of carbonyl (C=O) groups excluding carboxylic acids is 2. The second kappa shape index (κ2) is 10.1. The van der Waals surface area contributed by atoms with Gasteiger partial charge in [0, 0.05) is 25.7 Å². The Labute approximate surface area is 176 Å². The van der Waals surface area contributed by atoms with Crippen LogP contribution in [0.25, 0.3) is 0 Å². The Hall–Kier alpha value is -3.06. The largest absolute Gasteiger partial charge is 0.493 e. The van der Waals surface area contributed by atoms with Gasteiger partial charge in [-0.05, 0) is 36.6 Å². The van der Waals surface area contributed by atoms with Gasteiger partial charge in [0.05, 0.1) is 19.8 Å². The lowest BCUT2D eigenvalue weighted by Gasteiger charge is -2.31. The van der Waals surface area contributed by atoms with Crippen molar-refractivity contribution in [1.29, 1.82) is 0 Å². The molecule has 7 heteroatoms. The van der Waals surface area contributed by atoms with Gasteiger partial charge in [-0.15, -0.1) is 0 Å². The molecule has 7 nitrogen and oxygen atoms in total. The van der Waals surface area contributed by atoms with Crippen LogP contribution in [0.4, 0.5) is 0 Å². The molecule has 1 aliphatic heterocycles. The number of aliphatic hydroxyl groups excluding tert-OH is 1. The second-order valence-electron chi connectivity index (χ2n) is 7.41. The van der Waals surface area contributed by atoms with Crippen molar-refractivity contribution >= 4 is 11.8 Å². The molecule has 2 amide bonds. The third-order valence-electron chi connectivity index (χ3n) is 5.18. The van der Waals surface area contributed by atoms with Gasteiger partial charge in [0.15, 0.2) is 11.5 Å². The first-order valence-corrected chi connectivity index (χ1v) is 10.0. The standard InChI is InChI=1S/C23H28N2O5/c1-24(15-22(27)25-12-10-19(26)11-13-25)23(28)18-8-9-20(21(14-18)29-2)30-16-17-6-4-3-5-7-17/h3-9,14,19,26H,10-13,15-16H2,1-2H3. The molecule has 1 N–H and O–H groups in total. The zero-order valence-electron chi connectivity index (χ0n) is 17.4. The molecule has 160 valence electrons. The maximum absolute atomic E-state index is 12.8. The van der Waals surface area contributed by atoms with Gasteiger partial charge in [0.1, 0.15) is 6.61 Å². The highest BCUT2D eigenvalue weighted by Crippen LogP contribution is 2.29. The quantitative estimate of drug-likeness (QED) is 0.755. The number of hydrogen-bond donors (Lipinski definition) is 1. The summed E-state index contributed by atoms with van der Waals surface area (Å²) in [5, 5.41) is 9.58. The van der Waals surface area contributed by atoms with Gasteiger partial charge in [-0.1, -0.05) is 30.3 Å². The summed E-state index contributed by atoms with van der Waals surface area (Å²) in [6, 6.07) is 14.8. The molecule has 1 aliphatic rings. The van der Waals surface area contributed by atoms with Crippen LogP contribution < -0.4 is 9.47 Å². The van der Waals surface area contributed by atoms with Gasteiger partial charge in [-0.25, -0.2) is 0 Å². The van der Waals surface area contributed by atoms with Gasteiger partial charge < -0.3 is 24.4 Å². The van der Waals surface area contributed by atoms with Crippen molar-refractivity contribution in [3.05, 3.63) is 59.7 Å². The first kappa shape index (κ1) is 21.6. The number of nitrogens with zero attached hydrogens (tertiary/aromatic N) is 2. The lowest BCUT2D eigenvalue weighted by atomic mass is 10.1. The Morgan fingerprint density at radius 2 is 1.80 bits per heavy atom. The third-order valence-corrected chi connectivity index (χ3v) is 5.18. The van der Waals surface area contributed by atoms with Crippen molar-refractivity contribution in [2.75, 3.05) is 33.8 Å². The Morgan fingerprint density at radius 1 is 1.10 bits per heavy atom. The molecule has 2 aromatic rings. The average molecular weight is 412 g/mol. The molecule has 0 aromatic heterocycles. The topological polar surface area (TPSA) is 79.3 Å². The van der Waals surface area contributed by atoms with E-state index in [1.807, 2.05) is 30.3 Å². The second-order valence-corrected chi connectivity index (χ2v) is 7.41. The number of rotatable bonds is 7. The molecular weight excluding hydrogens is 384 g/mol. The molecule has 3 rings (SSSR count). The van der Waals surface area contributed by atoms with E-state index in [0.29, 0.717) is 49.6 Å². The number of amides is 2. The van der Waals surface area contributed by atoms with Crippen LogP contribution in [-0.4, -0.2) is 66.6 Å². The number of methoxy groups -OCH3 is 1. The Bertz CT molecular complexity index is 863. The predicted octanol–water partition coefficient (Wildman–Crippen LogP) is 2.33. The lowest BCUT2D eigenvalue weighted by Crippen LogP contribution is -2.45. The van der Waals surface area contributed by atoms with Crippen molar-refractivity contribution < 1.29 is 24.2 Å². The van der Waals surface area contributed by atoms with E-state index in [9.17, 15) is 14.7 Å². The van der Waals surface area contributed by atoms with Crippen LogP contribution >= 0.6 is 0 Å². The average Bonchev–Trinajstić information content (AvgIpc) is 2.78. The summed E-state index contributed by atoms with van der Waals surface area (Å²) < 4.78 is 11.2. The molecule has 0 bridgehead atoms. The van der Waals surface area contributed by atoms with Crippen molar-refractivity contribution in [3.63, 3.8) is 0 Å². The first-order valence-electron chi connectivity index (χ1n) is 10.0. The summed E-state index contributed by atoms with van der Waals surface area (Å²) >= 11 is 0. The van der Waals surface area contributed by atoms with E-state index in [-0.39, 0.29) is 24.5 Å². The minimum atomic E-state index is -0.344. The van der Waals surface area contributed by atoms with Crippen LogP contribution in [-0.2, 0) is 11.4 Å². The van der Waals surface area contributed by atoms with Crippen molar-refractivity contribution in [2.45, 2.75) is 25.6 Å². The van der Waals surface area contributed by atoms with Crippen LogP contribution in [0, 0.1) is 0 Å². The highest BCUT2D eigenvalue weighted by molar-refractivity contribution is 5.97. The van der Waals surface area contributed by atoms with E-state index in [1.165, 1.54) is 12.0 Å². The molecule has 2 aromatic carbocycles. The molecule has 1 fully saturated rings. The fraction of sp³-hybridized carbons (Fsp3) is 0.391. The fourth-order valence-electron chi connectivity index (χ4n) is 3.37. The van der Waals surface area contributed by atoms with Gasteiger partial charge >= 0.3 is 0 Å². The van der Waals surface area contributed by atoms with Gasteiger partial charge in [-0.3, -0.25) is 9.59 Å². The lowest BCUT2D eigenvalue weighted by molar-refractivity contribution is -0.133. The van der Waals surface area contributed by atoms with Crippen LogP contribution in [0.3, 0.4) is 0 Å².